The molecule has 0 aromatic heterocycles. The van der Waals surface area contributed by atoms with Crippen LogP contribution in [0.25, 0.3) is 0 Å². The maximum atomic E-state index is 13.8. The van der Waals surface area contributed by atoms with Crippen LogP contribution in [0.15, 0.2) is 11.6 Å². The summed E-state index contributed by atoms with van der Waals surface area (Å²) in [6.07, 6.45) is 32.6. The average molecular weight is 825 g/mol. The first-order valence-corrected chi connectivity index (χ1v) is 25.3. The SMILES string of the molecule is CCCCCCCCCCCCCCC(=O)NCCCN(CC(=O)NCCCN)C(=O)O[C@H]1CC[C@@]2(C)C(=CC[C@H]3[C@@H]4CC[C@H]([C@H](C)CCCC(C)C)[C@@]4(C)CC[C@@H]32)C1. The second-order valence-corrected chi connectivity index (χ2v) is 20.8. The normalized spacial score (nSPS) is 27.9. The fourth-order valence-electron chi connectivity index (χ4n) is 12.5. The summed E-state index contributed by atoms with van der Waals surface area (Å²) in [4.78, 5) is 40.8. The molecule has 340 valence electrons. The van der Waals surface area contributed by atoms with Crippen LogP contribution >= 0.6 is 0 Å². The van der Waals surface area contributed by atoms with Crippen molar-refractivity contribution in [2.24, 2.45) is 52.1 Å². The average Bonchev–Trinajstić information content (AvgIpc) is 3.56. The summed E-state index contributed by atoms with van der Waals surface area (Å²) in [7, 11) is 0. The van der Waals surface area contributed by atoms with E-state index in [1.807, 2.05) is 0 Å². The van der Waals surface area contributed by atoms with Crippen LogP contribution in [0.2, 0.25) is 0 Å². The highest BCUT2D eigenvalue weighted by molar-refractivity contribution is 5.82. The molecular weight excluding hydrogens is 733 g/mol. The van der Waals surface area contributed by atoms with Gasteiger partial charge in [-0.15, -0.1) is 0 Å². The van der Waals surface area contributed by atoms with Gasteiger partial charge >= 0.3 is 6.09 Å². The molecule has 4 N–H and O–H groups in total. The maximum absolute atomic E-state index is 13.8. The van der Waals surface area contributed by atoms with E-state index in [4.69, 9.17) is 10.5 Å². The molecule has 8 heteroatoms. The van der Waals surface area contributed by atoms with Crippen molar-refractivity contribution in [1.82, 2.24) is 15.5 Å². The van der Waals surface area contributed by atoms with E-state index in [0.717, 1.165) is 67.6 Å². The Labute approximate surface area is 362 Å². The van der Waals surface area contributed by atoms with Crippen molar-refractivity contribution >= 4 is 17.9 Å². The molecule has 0 aromatic carbocycles. The minimum absolute atomic E-state index is 0.0510. The van der Waals surface area contributed by atoms with Gasteiger partial charge in [-0.3, -0.25) is 14.5 Å². The third-order valence-corrected chi connectivity index (χ3v) is 16.0. The van der Waals surface area contributed by atoms with Gasteiger partial charge in [0, 0.05) is 32.5 Å². The fourth-order valence-corrected chi connectivity index (χ4v) is 12.5. The number of nitrogens with zero attached hydrogens (tertiary/aromatic N) is 1. The van der Waals surface area contributed by atoms with Crippen molar-refractivity contribution in [2.75, 3.05) is 32.7 Å². The summed E-state index contributed by atoms with van der Waals surface area (Å²) >= 11 is 0. The van der Waals surface area contributed by atoms with E-state index in [9.17, 15) is 14.4 Å². The molecule has 59 heavy (non-hydrogen) atoms. The molecule has 0 unspecified atom stereocenters. The number of hydrogen-bond donors (Lipinski definition) is 3. The van der Waals surface area contributed by atoms with E-state index < -0.39 is 6.09 Å². The molecule has 0 heterocycles. The van der Waals surface area contributed by atoms with Gasteiger partial charge in [-0.1, -0.05) is 143 Å². The van der Waals surface area contributed by atoms with Crippen molar-refractivity contribution in [3.63, 3.8) is 0 Å². The van der Waals surface area contributed by atoms with Gasteiger partial charge in [0.1, 0.15) is 12.6 Å². The third-order valence-electron chi connectivity index (χ3n) is 16.0. The van der Waals surface area contributed by atoms with Crippen molar-refractivity contribution in [1.29, 1.82) is 0 Å². The van der Waals surface area contributed by atoms with E-state index >= 15 is 0 Å². The molecule has 3 saturated carbocycles. The van der Waals surface area contributed by atoms with Gasteiger partial charge in [-0.2, -0.15) is 0 Å². The fraction of sp³-hybridized carbons (Fsp3) is 0.902. The Morgan fingerprint density at radius 1 is 0.780 bits per heavy atom. The smallest absolute Gasteiger partial charge is 0.410 e. The third kappa shape index (κ3) is 15.0. The zero-order valence-corrected chi connectivity index (χ0v) is 39.2. The number of ether oxygens (including phenoxy) is 1. The van der Waals surface area contributed by atoms with Crippen LogP contribution in [0.1, 0.15) is 208 Å². The number of rotatable bonds is 28. The number of hydrogen-bond acceptors (Lipinski definition) is 5. The summed E-state index contributed by atoms with van der Waals surface area (Å²) in [6.45, 7) is 16.5. The quantitative estimate of drug-likeness (QED) is 0.0537. The van der Waals surface area contributed by atoms with Gasteiger partial charge in [0.2, 0.25) is 11.8 Å². The lowest BCUT2D eigenvalue weighted by atomic mass is 9.47. The van der Waals surface area contributed by atoms with E-state index in [2.05, 4.69) is 58.3 Å². The van der Waals surface area contributed by atoms with Crippen molar-refractivity contribution in [3.05, 3.63) is 11.6 Å². The number of carbonyl (C=O) groups excluding carboxylic acids is 3. The monoisotopic (exact) mass is 825 g/mol. The predicted octanol–water partition coefficient (Wildman–Crippen LogP) is 11.9. The van der Waals surface area contributed by atoms with Crippen LogP contribution in [-0.2, 0) is 14.3 Å². The molecule has 0 aliphatic heterocycles. The maximum Gasteiger partial charge on any atom is 0.410 e. The first-order valence-electron chi connectivity index (χ1n) is 25.3. The van der Waals surface area contributed by atoms with Crippen molar-refractivity contribution in [3.8, 4) is 0 Å². The van der Waals surface area contributed by atoms with Gasteiger partial charge in [0.05, 0.1) is 0 Å². The Kier molecular flexibility index (Phi) is 21.6. The number of nitrogens with one attached hydrogen (secondary N) is 2. The zero-order chi connectivity index (χ0) is 42.7. The molecule has 8 nitrogen and oxygen atoms in total. The number of amides is 3. The van der Waals surface area contributed by atoms with Gasteiger partial charge < -0.3 is 21.1 Å². The predicted molar refractivity (Wildman–Crippen MR) is 245 cm³/mol. The summed E-state index contributed by atoms with van der Waals surface area (Å²) in [5.74, 6) is 4.66. The number of nitrogens with two attached hydrogens (primary N) is 1. The molecule has 0 spiro atoms. The number of carbonyl (C=O) groups is 3. The largest absolute Gasteiger partial charge is 0.446 e. The van der Waals surface area contributed by atoms with Crippen LogP contribution in [0.4, 0.5) is 4.79 Å². The van der Waals surface area contributed by atoms with Gasteiger partial charge in [0.15, 0.2) is 0 Å². The second kappa shape index (κ2) is 25.8. The first-order chi connectivity index (χ1) is 28.4. The molecule has 3 amide bonds. The van der Waals surface area contributed by atoms with E-state index in [1.165, 1.54) is 126 Å². The topological polar surface area (TPSA) is 114 Å². The summed E-state index contributed by atoms with van der Waals surface area (Å²) < 4.78 is 6.25. The summed E-state index contributed by atoms with van der Waals surface area (Å²) in [5.41, 5.74) is 7.80. The zero-order valence-electron chi connectivity index (χ0n) is 39.2. The lowest BCUT2D eigenvalue weighted by Crippen LogP contribution is -2.51. The number of fused-ring (bicyclic) bond motifs is 5. The van der Waals surface area contributed by atoms with Crippen molar-refractivity contribution in [2.45, 2.75) is 215 Å². The molecule has 0 radical (unpaired) electrons. The Morgan fingerprint density at radius 2 is 1.44 bits per heavy atom. The second-order valence-electron chi connectivity index (χ2n) is 20.8. The number of allylic oxidation sites excluding steroid dienone is 1. The molecule has 3 fully saturated rings. The highest BCUT2D eigenvalue weighted by Gasteiger charge is 2.59. The molecule has 0 aromatic rings. The van der Waals surface area contributed by atoms with Crippen LogP contribution in [0.3, 0.4) is 0 Å². The minimum Gasteiger partial charge on any atom is -0.446 e. The van der Waals surface area contributed by atoms with Crippen LogP contribution in [-0.4, -0.2) is 61.6 Å². The lowest BCUT2D eigenvalue weighted by molar-refractivity contribution is -0.123. The molecule has 4 rings (SSSR count). The Hall–Kier alpha value is -2.09. The summed E-state index contributed by atoms with van der Waals surface area (Å²) in [6, 6.07) is 0. The van der Waals surface area contributed by atoms with Crippen LogP contribution in [0, 0.1) is 46.3 Å². The highest BCUT2D eigenvalue weighted by Crippen LogP contribution is 2.67. The Morgan fingerprint density at radius 3 is 2.12 bits per heavy atom. The van der Waals surface area contributed by atoms with Crippen molar-refractivity contribution < 1.29 is 19.1 Å². The van der Waals surface area contributed by atoms with E-state index in [0.29, 0.717) is 50.9 Å². The highest BCUT2D eigenvalue weighted by atomic mass is 16.6. The minimum atomic E-state index is -0.419. The molecule has 4 aliphatic rings. The van der Waals surface area contributed by atoms with E-state index in [-0.39, 0.29) is 29.9 Å². The van der Waals surface area contributed by atoms with Crippen LogP contribution in [0.5, 0.6) is 0 Å². The van der Waals surface area contributed by atoms with Gasteiger partial charge in [0.25, 0.3) is 0 Å². The van der Waals surface area contributed by atoms with Crippen LogP contribution < -0.4 is 16.4 Å². The van der Waals surface area contributed by atoms with Gasteiger partial charge in [-0.25, -0.2) is 4.79 Å². The molecule has 8 atom stereocenters. The molecule has 0 bridgehead atoms. The lowest BCUT2D eigenvalue weighted by Gasteiger charge is -2.58. The van der Waals surface area contributed by atoms with E-state index in [1.54, 1.807) is 0 Å². The Bertz CT molecular complexity index is 1290. The Balaban J connectivity index is 1.21. The summed E-state index contributed by atoms with van der Waals surface area (Å²) in [5, 5.41) is 5.95. The number of unbranched alkanes of at least 4 members (excludes halogenated alkanes) is 11. The van der Waals surface area contributed by atoms with Gasteiger partial charge in [-0.05, 0) is 117 Å². The standard InChI is InChI=1S/C51H92N4O4/c1-7-8-9-10-11-12-13-14-15-16-17-18-24-47(56)53-35-21-36-55(38-48(57)54-34-20-33-52)49(58)59-42-29-31-50(5)41(37-42)25-26-43-45-28-27-44(40(4)23-19-22-39(2)3)51(45,6)32-30-46(43)50/h25,39-40,42-46H,7-24,26-38,52H2,1-6H3,(H,53,56)(H,54,57)/t40-,42+,43+,44-,45+,46+,50+,51-/m1/s1. The molecular formula is C51H92N4O4. The molecule has 4 aliphatic carbocycles. The molecule has 0 saturated heterocycles. The first kappa shape index (κ1) is 49.6.